The topological polar surface area (TPSA) is 74.1 Å². The molecule has 0 saturated heterocycles. The highest BCUT2D eigenvalue weighted by Crippen LogP contribution is 2.40. The Labute approximate surface area is 195 Å². The van der Waals surface area contributed by atoms with Crippen LogP contribution in [-0.2, 0) is 12.6 Å². The monoisotopic (exact) mass is 455 g/mol. The molecule has 0 atom stereocenters. The van der Waals surface area contributed by atoms with Crippen LogP contribution in [0.4, 0.5) is 0 Å². The van der Waals surface area contributed by atoms with Crippen LogP contribution in [0.1, 0.15) is 24.8 Å². The van der Waals surface area contributed by atoms with E-state index in [-0.39, 0.29) is 11.0 Å². The SMILES string of the molecule is Cn1cnc2c3oc(-c4ccccc4)c(-c4ccc(C5(N)CCC5)cc4)c(=O)c3cc(Cl)c21. The van der Waals surface area contributed by atoms with Crippen LogP contribution < -0.4 is 11.2 Å². The van der Waals surface area contributed by atoms with Crippen molar-refractivity contribution in [3.05, 3.63) is 87.8 Å². The van der Waals surface area contributed by atoms with Crippen molar-refractivity contribution in [2.24, 2.45) is 12.8 Å². The van der Waals surface area contributed by atoms with Gasteiger partial charge in [-0.15, -0.1) is 0 Å². The van der Waals surface area contributed by atoms with Crippen LogP contribution in [0.2, 0.25) is 5.02 Å². The standard InChI is InChI=1S/C27H22ClN3O2/c1-31-15-30-22-23(31)20(28)14-19-24(32)21(25(33-26(19)22)17-6-3-2-4-7-17)16-8-10-18(11-9-16)27(29)12-5-13-27/h2-4,6-11,14-15H,5,12-13,29H2,1H3. The van der Waals surface area contributed by atoms with Gasteiger partial charge in [-0.2, -0.15) is 0 Å². The summed E-state index contributed by atoms with van der Waals surface area (Å²) in [5.74, 6) is 0.515. The molecule has 6 rings (SSSR count). The molecule has 33 heavy (non-hydrogen) atoms. The Balaban J connectivity index is 1.66. The van der Waals surface area contributed by atoms with E-state index in [2.05, 4.69) is 4.98 Å². The number of hydrogen-bond acceptors (Lipinski definition) is 4. The Morgan fingerprint density at radius 1 is 1.06 bits per heavy atom. The van der Waals surface area contributed by atoms with E-state index in [0.717, 1.165) is 41.5 Å². The normalized spacial score (nSPS) is 15.1. The Kier molecular flexibility index (Phi) is 4.47. The van der Waals surface area contributed by atoms with E-state index in [0.29, 0.717) is 32.8 Å². The second-order valence-electron chi connectivity index (χ2n) is 8.88. The average Bonchev–Trinajstić information content (AvgIpc) is 3.21. The Hall–Kier alpha value is -3.41. The number of rotatable bonds is 3. The molecule has 0 bridgehead atoms. The zero-order chi connectivity index (χ0) is 22.7. The first kappa shape index (κ1) is 20.2. The van der Waals surface area contributed by atoms with Crippen LogP contribution in [0.15, 0.2) is 76.2 Å². The van der Waals surface area contributed by atoms with Crippen LogP contribution in [0.3, 0.4) is 0 Å². The molecule has 6 heteroatoms. The molecule has 164 valence electrons. The second-order valence-corrected chi connectivity index (χ2v) is 9.28. The molecule has 0 amide bonds. The van der Waals surface area contributed by atoms with Crippen molar-refractivity contribution in [1.82, 2.24) is 9.55 Å². The number of fused-ring (bicyclic) bond motifs is 3. The largest absolute Gasteiger partial charge is 0.453 e. The van der Waals surface area contributed by atoms with E-state index < -0.39 is 0 Å². The number of imidazole rings is 1. The molecule has 2 N–H and O–H groups in total. The highest BCUT2D eigenvalue weighted by Gasteiger charge is 2.34. The van der Waals surface area contributed by atoms with Gasteiger partial charge in [-0.05, 0) is 36.5 Å². The molecule has 0 spiro atoms. The molecular weight excluding hydrogens is 434 g/mol. The van der Waals surface area contributed by atoms with Crippen molar-refractivity contribution in [2.45, 2.75) is 24.8 Å². The van der Waals surface area contributed by atoms with Crippen molar-refractivity contribution in [3.8, 4) is 22.5 Å². The number of aryl methyl sites for hydroxylation is 1. The lowest BCUT2D eigenvalue weighted by Crippen LogP contribution is -2.43. The molecular formula is C27H22ClN3O2. The summed E-state index contributed by atoms with van der Waals surface area (Å²) >= 11 is 6.55. The van der Waals surface area contributed by atoms with Crippen LogP contribution in [0, 0.1) is 0 Å². The van der Waals surface area contributed by atoms with E-state index >= 15 is 0 Å². The maximum absolute atomic E-state index is 13.9. The first-order valence-electron chi connectivity index (χ1n) is 11.0. The summed E-state index contributed by atoms with van der Waals surface area (Å²) < 4.78 is 8.29. The molecule has 2 aromatic heterocycles. The lowest BCUT2D eigenvalue weighted by atomic mass is 9.72. The van der Waals surface area contributed by atoms with Crippen LogP contribution in [-0.4, -0.2) is 9.55 Å². The van der Waals surface area contributed by atoms with Gasteiger partial charge in [0.25, 0.3) is 0 Å². The van der Waals surface area contributed by atoms with Gasteiger partial charge < -0.3 is 14.7 Å². The zero-order valence-corrected chi connectivity index (χ0v) is 18.9. The van der Waals surface area contributed by atoms with Gasteiger partial charge in [0.1, 0.15) is 11.3 Å². The minimum Gasteiger partial charge on any atom is -0.453 e. The fraction of sp³-hybridized carbons (Fsp3) is 0.185. The minimum atomic E-state index is -0.257. The van der Waals surface area contributed by atoms with Crippen molar-refractivity contribution < 1.29 is 4.42 Å². The number of benzene rings is 3. The maximum atomic E-state index is 13.9. The lowest BCUT2D eigenvalue weighted by molar-refractivity contribution is 0.253. The highest BCUT2D eigenvalue weighted by molar-refractivity contribution is 6.36. The summed E-state index contributed by atoms with van der Waals surface area (Å²) in [6.45, 7) is 0. The number of nitrogens with zero attached hydrogens (tertiary/aromatic N) is 2. The molecule has 1 fully saturated rings. The Bertz CT molecular complexity index is 1580. The molecule has 3 aromatic carbocycles. The van der Waals surface area contributed by atoms with Gasteiger partial charge in [0.05, 0.1) is 27.8 Å². The van der Waals surface area contributed by atoms with Crippen LogP contribution in [0.5, 0.6) is 0 Å². The van der Waals surface area contributed by atoms with Gasteiger partial charge in [-0.1, -0.05) is 66.2 Å². The summed E-state index contributed by atoms with van der Waals surface area (Å²) in [7, 11) is 1.87. The van der Waals surface area contributed by atoms with Gasteiger partial charge in [0.15, 0.2) is 5.58 Å². The average molecular weight is 456 g/mol. The van der Waals surface area contributed by atoms with Crippen molar-refractivity contribution in [3.63, 3.8) is 0 Å². The van der Waals surface area contributed by atoms with E-state index in [1.807, 2.05) is 66.2 Å². The molecule has 1 aliphatic rings. The third-order valence-corrected chi connectivity index (χ3v) is 7.12. The van der Waals surface area contributed by atoms with Crippen molar-refractivity contribution in [2.75, 3.05) is 0 Å². The summed E-state index contributed by atoms with van der Waals surface area (Å²) in [4.78, 5) is 18.4. The summed E-state index contributed by atoms with van der Waals surface area (Å²) in [5.41, 5.74) is 11.1. The number of aromatic nitrogens is 2. The summed E-state index contributed by atoms with van der Waals surface area (Å²) in [6.07, 6.45) is 4.79. The summed E-state index contributed by atoms with van der Waals surface area (Å²) in [5, 5.41) is 0.882. The van der Waals surface area contributed by atoms with Crippen LogP contribution in [0.25, 0.3) is 44.5 Å². The smallest absolute Gasteiger partial charge is 0.201 e. The summed E-state index contributed by atoms with van der Waals surface area (Å²) in [6, 6.07) is 19.4. The fourth-order valence-corrected chi connectivity index (χ4v) is 5.13. The highest BCUT2D eigenvalue weighted by atomic mass is 35.5. The predicted molar refractivity (Wildman–Crippen MR) is 132 cm³/mol. The van der Waals surface area contributed by atoms with Gasteiger partial charge in [-0.25, -0.2) is 4.98 Å². The Morgan fingerprint density at radius 2 is 1.79 bits per heavy atom. The van der Waals surface area contributed by atoms with Gasteiger partial charge in [0, 0.05) is 18.2 Å². The Morgan fingerprint density at radius 3 is 2.45 bits per heavy atom. The number of nitrogens with two attached hydrogens (primary N) is 1. The third-order valence-electron chi connectivity index (χ3n) is 6.83. The maximum Gasteiger partial charge on any atom is 0.201 e. The molecule has 2 heterocycles. The van der Waals surface area contributed by atoms with E-state index in [1.165, 1.54) is 0 Å². The first-order valence-corrected chi connectivity index (χ1v) is 11.4. The second kappa shape index (κ2) is 7.30. The van der Waals surface area contributed by atoms with Gasteiger partial charge in [0.2, 0.25) is 5.43 Å². The fourth-order valence-electron chi connectivity index (χ4n) is 4.80. The van der Waals surface area contributed by atoms with E-state index in [1.54, 1.807) is 12.4 Å². The molecule has 5 aromatic rings. The van der Waals surface area contributed by atoms with Crippen LogP contribution >= 0.6 is 11.6 Å². The van der Waals surface area contributed by atoms with Gasteiger partial charge in [-0.3, -0.25) is 4.79 Å². The molecule has 1 saturated carbocycles. The first-order chi connectivity index (χ1) is 16.0. The number of halogens is 1. The molecule has 0 aliphatic heterocycles. The minimum absolute atomic E-state index is 0.136. The third kappa shape index (κ3) is 3.04. The molecule has 0 radical (unpaired) electrons. The van der Waals surface area contributed by atoms with E-state index in [4.69, 9.17) is 21.8 Å². The predicted octanol–water partition coefficient (Wildman–Crippen LogP) is 6.01. The van der Waals surface area contributed by atoms with E-state index in [9.17, 15) is 4.79 Å². The van der Waals surface area contributed by atoms with Gasteiger partial charge >= 0.3 is 0 Å². The molecule has 5 nitrogen and oxygen atoms in total. The molecule has 0 unspecified atom stereocenters. The molecule has 1 aliphatic carbocycles. The quantitative estimate of drug-likeness (QED) is 0.361. The lowest BCUT2D eigenvalue weighted by Gasteiger charge is -2.38. The number of hydrogen-bond donors (Lipinski definition) is 1. The van der Waals surface area contributed by atoms with Crippen molar-refractivity contribution in [1.29, 1.82) is 0 Å². The zero-order valence-electron chi connectivity index (χ0n) is 18.1. The van der Waals surface area contributed by atoms with Crippen molar-refractivity contribution >= 4 is 33.6 Å².